The van der Waals surface area contributed by atoms with Crippen molar-refractivity contribution in [2.45, 2.75) is 19.3 Å². The number of rotatable bonds is 3. The molecule has 0 bridgehead atoms. The number of likely N-dealkylation sites (tertiary alicyclic amines) is 1. The maximum absolute atomic E-state index is 12.2. The second kappa shape index (κ2) is 6.38. The first-order valence-corrected chi connectivity index (χ1v) is 6.67. The first-order valence-electron chi connectivity index (χ1n) is 6.67. The summed E-state index contributed by atoms with van der Waals surface area (Å²) in [5, 5.41) is 0. The van der Waals surface area contributed by atoms with E-state index in [1.54, 1.807) is 4.90 Å². The number of methoxy groups -OCH3 is 1. The number of H-pyrrole nitrogens is 2. The molecule has 2 N–H and O–H groups in total. The number of hydrogen-bond donors (Lipinski definition) is 2. The Morgan fingerprint density at radius 3 is 2.81 bits per heavy atom. The molecule has 8 nitrogen and oxygen atoms in total. The van der Waals surface area contributed by atoms with Gasteiger partial charge in [0.05, 0.1) is 19.4 Å². The monoisotopic (exact) mass is 295 g/mol. The van der Waals surface area contributed by atoms with E-state index in [0.29, 0.717) is 19.5 Å². The highest BCUT2D eigenvalue weighted by atomic mass is 16.5. The van der Waals surface area contributed by atoms with Crippen LogP contribution in [-0.4, -0.2) is 46.9 Å². The highest BCUT2D eigenvalue weighted by Crippen LogP contribution is 2.18. The van der Waals surface area contributed by atoms with Crippen molar-refractivity contribution < 1.29 is 14.3 Å². The molecule has 1 atom stereocenters. The van der Waals surface area contributed by atoms with Gasteiger partial charge in [0.25, 0.3) is 5.56 Å². The van der Waals surface area contributed by atoms with Crippen LogP contribution in [0.4, 0.5) is 0 Å². The highest BCUT2D eigenvalue weighted by molar-refractivity contribution is 5.80. The van der Waals surface area contributed by atoms with Gasteiger partial charge in [-0.05, 0) is 12.8 Å². The molecule has 0 aromatic carbocycles. The minimum atomic E-state index is -0.642. The van der Waals surface area contributed by atoms with Gasteiger partial charge in [0.15, 0.2) is 0 Å². The molecule has 1 saturated heterocycles. The minimum absolute atomic E-state index is 0.0763. The van der Waals surface area contributed by atoms with Gasteiger partial charge >= 0.3 is 11.7 Å². The van der Waals surface area contributed by atoms with E-state index in [-0.39, 0.29) is 29.9 Å². The zero-order chi connectivity index (χ0) is 15.4. The number of amides is 1. The van der Waals surface area contributed by atoms with Gasteiger partial charge in [0, 0.05) is 24.8 Å². The molecule has 0 spiro atoms. The van der Waals surface area contributed by atoms with Gasteiger partial charge in [-0.1, -0.05) is 0 Å². The van der Waals surface area contributed by atoms with Gasteiger partial charge in [-0.25, -0.2) is 4.79 Å². The largest absolute Gasteiger partial charge is 0.469 e. The Labute approximate surface area is 120 Å². The number of carbonyl (C=O) groups is 2. The van der Waals surface area contributed by atoms with Crippen LogP contribution in [0.15, 0.2) is 15.7 Å². The van der Waals surface area contributed by atoms with Gasteiger partial charge in [-0.15, -0.1) is 0 Å². The van der Waals surface area contributed by atoms with Crippen molar-refractivity contribution >= 4 is 11.9 Å². The summed E-state index contributed by atoms with van der Waals surface area (Å²) in [6.07, 6.45) is 1.34. The number of ether oxygens (including phenoxy) is 1. The van der Waals surface area contributed by atoms with Crippen molar-refractivity contribution in [2.24, 2.45) is 5.92 Å². The standard InChI is InChI=1S/C13H17N3O5/c1-21-12(19)8-3-2-4-16(7-8)11(18)6-9-5-10(17)15-13(20)14-9/h5,8H,2-4,6-7H2,1H3,(H2,14,15,17,20). The van der Waals surface area contributed by atoms with E-state index in [2.05, 4.69) is 4.98 Å². The zero-order valence-corrected chi connectivity index (χ0v) is 11.7. The van der Waals surface area contributed by atoms with Crippen LogP contribution < -0.4 is 11.2 Å². The molecule has 1 aromatic rings. The fourth-order valence-electron chi connectivity index (χ4n) is 2.45. The predicted octanol–water partition coefficient (Wildman–Crippen LogP) is -0.983. The maximum atomic E-state index is 12.2. The van der Waals surface area contributed by atoms with Crippen LogP contribution in [0.2, 0.25) is 0 Å². The van der Waals surface area contributed by atoms with Crippen molar-refractivity contribution in [3.8, 4) is 0 Å². The minimum Gasteiger partial charge on any atom is -0.469 e. The maximum Gasteiger partial charge on any atom is 0.325 e. The molecular formula is C13H17N3O5. The number of esters is 1. The Morgan fingerprint density at radius 2 is 2.14 bits per heavy atom. The molecule has 2 rings (SSSR count). The zero-order valence-electron chi connectivity index (χ0n) is 11.7. The van der Waals surface area contributed by atoms with Crippen LogP contribution in [0, 0.1) is 5.92 Å². The van der Waals surface area contributed by atoms with Crippen molar-refractivity contribution in [3.05, 3.63) is 32.6 Å². The number of hydrogen-bond acceptors (Lipinski definition) is 5. The van der Waals surface area contributed by atoms with Crippen LogP contribution in [0.1, 0.15) is 18.5 Å². The van der Waals surface area contributed by atoms with Crippen LogP contribution in [0.25, 0.3) is 0 Å². The second-order valence-electron chi connectivity index (χ2n) is 4.99. The Kier molecular flexibility index (Phi) is 4.56. The third kappa shape index (κ3) is 3.80. The lowest BCUT2D eigenvalue weighted by Gasteiger charge is -2.31. The normalized spacial score (nSPS) is 18.3. The lowest BCUT2D eigenvalue weighted by atomic mass is 9.98. The van der Waals surface area contributed by atoms with Gasteiger partial charge in [-0.2, -0.15) is 0 Å². The Hall–Kier alpha value is -2.38. The van der Waals surface area contributed by atoms with Gasteiger partial charge in [0.2, 0.25) is 5.91 Å². The van der Waals surface area contributed by atoms with E-state index in [9.17, 15) is 19.2 Å². The molecule has 0 aliphatic carbocycles. The van der Waals surface area contributed by atoms with Crippen LogP contribution in [0.5, 0.6) is 0 Å². The van der Waals surface area contributed by atoms with Gasteiger partial charge in [-0.3, -0.25) is 19.4 Å². The van der Waals surface area contributed by atoms with Gasteiger partial charge in [0.1, 0.15) is 0 Å². The fraction of sp³-hybridized carbons (Fsp3) is 0.538. The lowest BCUT2D eigenvalue weighted by molar-refractivity contribution is -0.148. The Bertz CT molecular complexity index is 619. The first kappa shape index (κ1) is 15.0. The number of piperidine rings is 1. The third-order valence-corrected chi connectivity index (χ3v) is 3.47. The summed E-state index contributed by atoms with van der Waals surface area (Å²) in [4.78, 5) is 52.1. The molecule has 1 aliphatic heterocycles. The summed E-state index contributed by atoms with van der Waals surface area (Å²) in [7, 11) is 1.32. The fourth-order valence-corrected chi connectivity index (χ4v) is 2.45. The van der Waals surface area contributed by atoms with E-state index in [1.807, 2.05) is 4.98 Å². The smallest absolute Gasteiger partial charge is 0.325 e. The van der Waals surface area contributed by atoms with Gasteiger partial charge < -0.3 is 14.6 Å². The molecule has 1 unspecified atom stereocenters. The molecule has 114 valence electrons. The quantitative estimate of drug-likeness (QED) is 0.696. The first-order chi connectivity index (χ1) is 9.99. The molecule has 8 heteroatoms. The van der Waals surface area contributed by atoms with E-state index < -0.39 is 11.2 Å². The molecular weight excluding hydrogens is 278 g/mol. The lowest BCUT2D eigenvalue weighted by Crippen LogP contribution is -2.43. The molecule has 1 aromatic heterocycles. The summed E-state index contributed by atoms with van der Waals surface area (Å²) in [5.74, 6) is -0.868. The molecule has 21 heavy (non-hydrogen) atoms. The van der Waals surface area contributed by atoms with Crippen molar-refractivity contribution in [1.29, 1.82) is 0 Å². The summed E-state index contributed by atoms with van der Waals surface area (Å²) in [6.45, 7) is 0.860. The number of nitrogens with zero attached hydrogens (tertiary/aromatic N) is 1. The average molecular weight is 295 g/mol. The van der Waals surface area contributed by atoms with Crippen LogP contribution >= 0.6 is 0 Å². The highest BCUT2D eigenvalue weighted by Gasteiger charge is 2.29. The number of aromatic nitrogens is 2. The van der Waals surface area contributed by atoms with E-state index in [0.717, 1.165) is 6.42 Å². The predicted molar refractivity (Wildman–Crippen MR) is 72.7 cm³/mol. The summed E-state index contributed by atoms with van der Waals surface area (Å²) < 4.78 is 4.70. The molecule has 0 radical (unpaired) electrons. The third-order valence-electron chi connectivity index (χ3n) is 3.47. The van der Waals surface area contributed by atoms with E-state index >= 15 is 0 Å². The molecule has 1 amide bonds. The number of nitrogens with one attached hydrogen (secondary N) is 2. The van der Waals surface area contributed by atoms with Crippen molar-refractivity contribution in [1.82, 2.24) is 14.9 Å². The molecule has 1 fully saturated rings. The van der Waals surface area contributed by atoms with Crippen LogP contribution in [-0.2, 0) is 20.7 Å². The number of carbonyl (C=O) groups excluding carboxylic acids is 2. The SMILES string of the molecule is COC(=O)C1CCCN(C(=O)Cc2cc(=O)[nH]c(=O)[nH]2)C1. The molecule has 2 heterocycles. The van der Waals surface area contributed by atoms with Crippen LogP contribution in [0.3, 0.4) is 0 Å². The average Bonchev–Trinajstić information content (AvgIpc) is 2.45. The Balaban J connectivity index is 2.04. The topological polar surface area (TPSA) is 112 Å². The van der Waals surface area contributed by atoms with E-state index in [4.69, 9.17) is 4.74 Å². The number of aromatic amines is 2. The summed E-state index contributed by atoms with van der Waals surface area (Å²) in [5.41, 5.74) is -0.932. The van der Waals surface area contributed by atoms with Crippen molar-refractivity contribution in [3.63, 3.8) is 0 Å². The summed E-state index contributed by atoms with van der Waals surface area (Å²) >= 11 is 0. The second-order valence-corrected chi connectivity index (χ2v) is 4.99. The Morgan fingerprint density at radius 1 is 1.38 bits per heavy atom. The summed E-state index contributed by atoms with van der Waals surface area (Å²) in [6, 6.07) is 1.18. The molecule has 1 aliphatic rings. The van der Waals surface area contributed by atoms with E-state index in [1.165, 1.54) is 13.2 Å². The van der Waals surface area contributed by atoms with Crippen molar-refractivity contribution in [2.75, 3.05) is 20.2 Å². The molecule has 0 saturated carbocycles.